The first-order valence-electron chi connectivity index (χ1n) is 19.1. The first-order valence-corrected chi connectivity index (χ1v) is 16.9. The Morgan fingerprint density at radius 1 is 0.480 bits per heavy atom. The van der Waals surface area contributed by atoms with Gasteiger partial charge in [0, 0.05) is 53.2 Å². The Labute approximate surface area is 300 Å². The summed E-state index contributed by atoms with van der Waals surface area (Å²) in [5, 5.41) is 2.35. The molecule has 0 saturated heterocycles. The third kappa shape index (κ3) is 4.79. The topological polar surface area (TPSA) is 51.8 Å². The van der Waals surface area contributed by atoms with Crippen LogP contribution < -0.4 is 0 Å². The van der Waals surface area contributed by atoms with Gasteiger partial charge >= 0.3 is 0 Å². The van der Waals surface area contributed by atoms with Gasteiger partial charge in [-0.05, 0) is 47.0 Å². The van der Waals surface area contributed by atoms with Crippen LogP contribution >= 0.6 is 11.3 Å². The molecule has 3 heterocycles. The van der Waals surface area contributed by atoms with E-state index in [0.717, 1.165) is 36.9 Å². The molecule has 50 heavy (non-hydrogen) atoms. The third-order valence-electron chi connectivity index (χ3n) is 8.86. The number of fused-ring (bicyclic) bond motifs is 6. The van der Waals surface area contributed by atoms with Gasteiger partial charge in [0.15, 0.2) is 17.5 Å². The quantitative estimate of drug-likeness (QED) is 0.184. The minimum atomic E-state index is -0.341. The van der Waals surface area contributed by atoms with Crippen molar-refractivity contribution in [3.05, 3.63) is 164 Å². The van der Waals surface area contributed by atoms with Gasteiger partial charge in [-0.15, -0.1) is 11.3 Å². The highest BCUT2D eigenvalue weighted by atomic mass is 32.1. The van der Waals surface area contributed by atoms with Crippen LogP contribution in [-0.4, -0.2) is 15.0 Å². The van der Waals surface area contributed by atoms with Gasteiger partial charge in [0.25, 0.3) is 0 Å². The maximum atomic E-state index is 9.55. The molecule has 0 fully saturated rings. The van der Waals surface area contributed by atoms with Crippen molar-refractivity contribution in [2.45, 2.75) is 0 Å². The fourth-order valence-electron chi connectivity index (χ4n) is 6.46. The second-order valence-corrected chi connectivity index (χ2v) is 13.0. The lowest BCUT2D eigenvalue weighted by atomic mass is 9.97. The van der Waals surface area contributed by atoms with Crippen LogP contribution in [0.15, 0.2) is 168 Å². The number of rotatable bonds is 5. The Morgan fingerprint density at radius 3 is 2.02 bits per heavy atom. The zero-order valence-electron chi connectivity index (χ0n) is 32.3. The summed E-state index contributed by atoms with van der Waals surface area (Å²) in [5.41, 5.74) is 4.21. The number of hydrogen-bond acceptors (Lipinski definition) is 5. The average Bonchev–Trinajstić information content (AvgIpc) is 3.83. The molecule has 0 aliphatic heterocycles. The van der Waals surface area contributed by atoms with Crippen molar-refractivity contribution in [2.75, 3.05) is 0 Å². The van der Waals surface area contributed by atoms with E-state index in [1.54, 1.807) is 11.3 Å². The van der Waals surface area contributed by atoms with Crippen molar-refractivity contribution < 1.29 is 12.6 Å². The summed E-state index contributed by atoms with van der Waals surface area (Å²) in [5.74, 6) is 0.723. The second kappa shape index (κ2) is 11.6. The third-order valence-corrected chi connectivity index (χ3v) is 10.1. The van der Waals surface area contributed by atoms with Gasteiger partial charge in [-0.3, -0.25) is 0 Å². The van der Waals surface area contributed by atoms with Gasteiger partial charge in [-0.25, -0.2) is 15.0 Å². The van der Waals surface area contributed by atoms with Crippen molar-refractivity contribution in [1.82, 2.24) is 15.0 Å². The minimum Gasteiger partial charge on any atom is -0.455 e. The maximum Gasteiger partial charge on any atom is 0.165 e. The molecule has 10 rings (SSSR count). The van der Waals surface area contributed by atoms with Gasteiger partial charge in [-0.1, -0.05) is 133 Å². The number of aromatic nitrogens is 3. The molecule has 4 nitrogen and oxygen atoms in total. The molecule has 0 aliphatic carbocycles. The molecule has 0 radical (unpaired) electrons. The lowest BCUT2D eigenvalue weighted by molar-refractivity contribution is 0.670. The molecule has 0 atom stereocenters. The summed E-state index contributed by atoms with van der Waals surface area (Å²) in [7, 11) is 0. The molecule has 0 spiro atoms. The number of furan rings is 1. The smallest absolute Gasteiger partial charge is 0.165 e. The van der Waals surface area contributed by atoms with E-state index in [9.17, 15) is 4.11 Å². The van der Waals surface area contributed by atoms with Crippen molar-refractivity contribution in [3.63, 3.8) is 0 Å². The van der Waals surface area contributed by atoms with Gasteiger partial charge in [0.2, 0.25) is 0 Å². The average molecular weight is 664 g/mol. The molecule has 5 heteroatoms. The van der Waals surface area contributed by atoms with Crippen LogP contribution in [0.2, 0.25) is 0 Å². The van der Waals surface area contributed by atoms with E-state index in [0.29, 0.717) is 22.8 Å². The number of hydrogen-bond donors (Lipinski definition) is 0. The number of para-hydroxylation sites is 1. The van der Waals surface area contributed by atoms with Crippen molar-refractivity contribution in [2.24, 2.45) is 0 Å². The first kappa shape index (κ1) is 23.0. The molecule has 0 saturated carbocycles. The maximum absolute atomic E-state index is 9.55. The molecule has 234 valence electrons. The van der Waals surface area contributed by atoms with Crippen LogP contribution in [0.5, 0.6) is 0 Å². The van der Waals surface area contributed by atoms with E-state index < -0.39 is 0 Å². The normalized spacial score (nSPS) is 13.3. The molecular weight excluding hydrogens is 631 g/mol. The fourth-order valence-corrected chi connectivity index (χ4v) is 7.68. The molecule has 0 bridgehead atoms. The highest BCUT2D eigenvalue weighted by Gasteiger charge is 2.18. The van der Waals surface area contributed by atoms with E-state index in [2.05, 4.69) is 18.2 Å². The Hall–Kier alpha value is -6.43. The van der Waals surface area contributed by atoms with Gasteiger partial charge in [0.1, 0.15) is 11.2 Å². The van der Waals surface area contributed by atoms with E-state index in [4.69, 9.17) is 23.5 Å². The highest BCUT2D eigenvalue weighted by molar-refractivity contribution is 7.26. The predicted molar refractivity (Wildman–Crippen MR) is 207 cm³/mol. The van der Waals surface area contributed by atoms with Crippen LogP contribution in [-0.2, 0) is 0 Å². The van der Waals surface area contributed by atoms with Crippen molar-refractivity contribution in [1.29, 1.82) is 0 Å². The van der Waals surface area contributed by atoms with Crippen LogP contribution in [0.3, 0.4) is 0 Å². The van der Waals surface area contributed by atoms with Crippen molar-refractivity contribution in [3.8, 4) is 56.4 Å². The molecule has 3 aromatic heterocycles. The first-order chi connectivity index (χ1) is 27.3. The summed E-state index contributed by atoms with van der Waals surface area (Å²) in [6, 6.07) is 39.2. The molecule has 0 N–H and O–H groups in total. The zero-order valence-corrected chi connectivity index (χ0v) is 27.1. The lowest BCUT2D eigenvalue weighted by Crippen LogP contribution is -2.00. The van der Waals surface area contributed by atoms with Gasteiger partial charge in [-0.2, -0.15) is 0 Å². The van der Waals surface area contributed by atoms with Crippen LogP contribution in [0, 0.1) is 0 Å². The summed E-state index contributed by atoms with van der Waals surface area (Å²) < 4.78 is 63.6. The monoisotopic (exact) mass is 663 g/mol. The van der Waals surface area contributed by atoms with Crippen molar-refractivity contribution >= 4 is 53.4 Å². The van der Waals surface area contributed by atoms with Gasteiger partial charge < -0.3 is 4.42 Å². The number of thiophene rings is 1. The molecule has 0 amide bonds. The van der Waals surface area contributed by atoms with Crippen LogP contribution in [0.25, 0.3) is 98.5 Å². The summed E-state index contributed by atoms with van der Waals surface area (Å²) in [6.07, 6.45) is 0. The Morgan fingerprint density at radius 2 is 1.16 bits per heavy atom. The van der Waals surface area contributed by atoms with E-state index in [1.807, 2.05) is 109 Å². The van der Waals surface area contributed by atoms with Gasteiger partial charge in [0.05, 0.1) is 8.22 Å². The number of benzene rings is 7. The van der Waals surface area contributed by atoms with E-state index in [1.165, 1.54) is 0 Å². The van der Waals surface area contributed by atoms with Crippen LogP contribution in [0.4, 0.5) is 0 Å². The zero-order chi connectivity index (χ0) is 38.2. The minimum absolute atomic E-state index is 0.0257. The predicted octanol–water partition coefficient (Wildman–Crippen LogP) is 12.5. The lowest BCUT2D eigenvalue weighted by Gasteiger charge is -2.09. The summed E-state index contributed by atoms with van der Waals surface area (Å²) in [6.45, 7) is 0. The van der Waals surface area contributed by atoms with E-state index >= 15 is 0 Å². The Balaban J connectivity index is 1.24. The molecule has 0 unspecified atom stereocenters. The second-order valence-electron chi connectivity index (χ2n) is 11.9. The molecule has 7 aromatic carbocycles. The number of nitrogens with zero attached hydrogens (tertiary/aromatic N) is 3. The molecule has 10 aromatic rings. The fraction of sp³-hybridized carbons (Fsp3) is 0. The molecule has 0 aliphatic rings. The van der Waals surface area contributed by atoms with E-state index in [-0.39, 0.29) is 75.1 Å². The summed E-state index contributed by atoms with van der Waals surface area (Å²) in [4.78, 5) is 14.7. The Bertz CT molecular complexity index is 3220. The SMILES string of the molecule is [2H]c1c([2H])c([2H])c2c(oc3c([2H])c(-c4nc(-c5ccccc5)nc(-c5cccc6c5sc5ccccc56)n4)c([2H])c([2H])c32)c1-c1cccc(-c2ccccc2)c1. The standard InChI is InChI=1S/C45H27N3OS/c1-3-12-28(13-4-1)30-16-9-17-31(26-30)33-19-10-20-36-34-25-24-32(27-39(34)49-41(33)36)44-46-43(29-14-5-2-6-15-29)47-45(48-44)38-22-11-21-37-35-18-7-8-23-40(35)50-42(37)38/h1-27H/i10D,19D,20D,24D,25D,27D. The largest absolute Gasteiger partial charge is 0.455 e. The summed E-state index contributed by atoms with van der Waals surface area (Å²) >= 11 is 1.63. The van der Waals surface area contributed by atoms with Crippen LogP contribution in [0.1, 0.15) is 8.22 Å². The molecular formula is C45H27N3OS. The Kier molecular flexibility index (Phi) is 5.35. The highest BCUT2D eigenvalue weighted by Crippen LogP contribution is 2.41.